The molecule has 2 rings (SSSR count). The SMILES string of the molecule is Cc1ccc(Nc2c([N+](=O)[O-])cc(C(=O)NN)cc2[N+](=O)[O-])c(C)c1. The van der Waals surface area contributed by atoms with Crippen LogP contribution < -0.4 is 16.6 Å². The first-order chi connectivity index (χ1) is 11.7. The Labute approximate surface area is 141 Å². The second-order valence-corrected chi connectivity index (χ2v) is 5.32. The van der Waals surface area contributed by atoms with Gasteiger partial charge in [0.05, 0.1) is 15.4 Å². The van der Waals surface area contributed by atoms with Crippen molar-refractivity contribution >= 4 is 28.7 Å². The summed E-state index contributed by atoms with van der Waals surface area (Å²) in [5, 5.41) is 25.5. The molecule has 0 aliphatic carbocycles. The molecule has 2 aromatic carbocycles. The Bertz CT molecular complexity index is 846. The first kappa shape index (κ1) is 17.8. The van der Waals surface area contributed by atoms with Crippen LogP contribution in [-0.2, 0) is 0 Å². The monoisotopic (exact) mass is 345 g/mol. The van der Waals surface area contributed by atoms with Crippen LogP contribution in [0, 0.1) is 34.1 Å². The van der Waals surface area contributed by atoms with Gasteiger partial charge >= 0.3 is 11.4 Å². The number of nitrogens with zero attached hydrogens (tertiary/aromatic N) is 2. The van der Waals surface area contributed by atoms with Crippen LogP contribution in [0.15, 0.2) is 30.3 Å². The number of aryl methyl sites for hydroxylation is 2. The fraction of sp³-hybridized carbons (Fsp3) is 0.133. The van der Waals surface area contributed by atoms with Crippen LogP contribution in [0.25, 0.3) is 0 Å². The van der Waals surface area contributed by atoms with Gasteiger partial charge in [-0.3, -0.25) is 30.4 Å². The lowest BCUT2D eigenvalue weighted by Gasteiger charge is -2.12. The number of hydrogen-bond acceptors (Lipinski definition) is 7. The second-order valence-electron chi connectivity index (χ2n) is 5.32. The van der Waals surface area contributed by atoms with Crippen LogP contribution in [0.5, 0.6) is 0 Å². The minimum Gasteiger partial charge on any atom is -0.344 e. The summed E-state index contributed by atoms with van der Waals surface area (Å²) in [5.41, 5.74) is 2.20. The maximum atomic E-state index is 11.6. The molecule has 0 saturated carbocycles. The molecule has 0 aromatic heterocycles. The van der Waals surface area contributed by atoms with Crippen molar-refractivity contribution in [3.05, 3.63) is 67.3 Å². The summed E-state index contributed by atoms with van der Waals surface area (Å²) in [7, 11) is 0. The number of carbonyl (C=O) groups is 1. The smallest absolute Gasteiger partial charge is 0.300 e. The summed E-state index contributed by atoms with van der Waals surface area (Å²) in [5.74, 6) is 4.13. The zero-order chi connectivity index (χ0) is 18.7. The van der Waals surface area contributed by atoms with Crippen molar-refractivity contribution in [2.24, 2.45) is 5.84 Å². The van der Waals surface area contributed by atoms with Gasteiger partial charge in [-0.2, -0.15) is 0 Å². The lowest BCUT2D eigenvalue weighted by molar-refractivity contribution is -0.392. The Morgan fingerprint density at radius 1 is 1.04 bits per heavy atom. The number of nitrogen functional groups attached to an aromatic ring is 1. The highest BCUT2D eigenvalue weighted by Gasteiger charge is 2.29. The van der Waals surface area contributed by atoms with E-state index in [2.05, 4.69) is 5.32 Å². The van der Waals surface area contributed by atoms with E-state index in [1.807, 2.05) is 13.0 Å². The molecule has 0 aliphatic heterocycles. The Kier molecular flexibility index (Phi) is 4.94. The molecule has 0 unspecified atom stereocenters. The van der Waals surface area contributed by atoms with Gasteiger partial charge in [-0.15, -0.1) is 0 Å². The van der Waals surface area contributed by atoms with Crippen LogP contribution in [0.3, 0.4) is 0 Å². The molecular weight excluding hydrogens is 330 g/mol. The molecule has 4 N–H and O–H groups in total. The van der Waals surface area contributed by atoms with Gasteiger partial charge in [0.25, 0.3) is 5.91 Å². The maximum Gasteiger partial charge on any atom is 0.300 e. The van der Waals surface area contributed by atoms with E-state index in [9.17, 15) is 25.0 Å². The number of benzene rings is 2. The summed E-state index contributed by atoms with van der Waals surface area (Å²) in [6, 6.07) is 7.13. The topological polar surface area (TPSA) is 153 Å². The van der Waals surface area contributed by atoms with Crippen molar-refractivity contribution in [2.75, 3.05) is 5.32 Å². The number of amides is 1. The highest BCUT2D eigenvalue weighted by Crippen LogP contribution is 2.38. The number of anilines is 2. The number of carbonyl (C=O) groups excluding carboxylic acids is 1. The molecule has 0 fully saturated rings. The molecule has 0 aliphatic rings. The molecule has 130 valence electrons. The normalized spacial score (nSPS) is 10.2. The average Bonchev–Trinajstić information content (AvgIpc) is 2.56. The molecule has 1 amide bonds. The first-order valence-electron chi connectivity index (χ1n) is 7.06. The maximum absolute atomic E-state index is 11.6. The number of nitrogens with one attached hydrogen (secondary N) is 2. The molecule has 25 heavy (non-hydrogen) atoms. The number of hydrogen-bond donors (Lipinski definition) is 3. The highest BCUT2D eigenvalue weighted by atomic mass is 16.6. The Hall–Kier alpha value is -3.53. The van der Waals surface area contributed by atoms with Crippen molar-refractivity contribution < 1.29 is 14.6 Å². The third-order valence-electron chi connectivity index (χ3n) is 3.52. The number of nitro groups is 2. The van der Waals surface area contributed by atoms with E-state index in [1.165, 1.54) is 0 Å². The molecule has 0 saturated heterocycles. The van der Waals surface area contributed by atoms with Gasteiger partial charge in [0.15, 0.2) is 5.69 Å². The van der Waals surface area contributed by atoms with Crippen molar-refractivity contribution in [3.63, 3.8) is 0 Å². The minimum atomic E-state index is -0.871. The summed E-state index contributed by atoms with van der Waals surface area (Å²) in [6.45, 7) is 3.64. The Balaban J connectivity index is 2.67. The first-order valence-corrected chi connectivity index (χ1v) is 7.06. The Morgan fingerprint density at radius 3 is 2.04 bits per heavy atom. The predicted octanol–water partition coefficient (Wildman–Crippen LogP) is 2.47. The van der Waals surface area contributed by atoms with Gasteiger partial charge in [-0.05, 0) is 25.5 Å². The van der Waals surface area contributed by atoms with Gasteiger partial charge in [0.1, 0.15) is 0 Å². The van der Waals surface area contributed by atoms with Crippen molar-refractivity contribution in [3.8, 4) is 0 Å². The zero-order valence-electron chi connectivity index (χ0n) is 13.4. The van der Waals surface area contributed by atoms with Gasteiger partial charge in [0, 0.05) is 17.8 Å². The van der Waals surface area contributed by atoms with Crippen LogP contribution in [-0.4, -0.2) is 15.8 Å². The Morgan fingerprint density at radius 2 is 1.60 bits per heavy atom. The zero-order valence-corrected chi connectivity index (χ0v) is 13.4. The fourth-order valence-electron chi connectivity index (χ4n) is 2.33. The van der Waals surface area contributed by atoms with E-state index in [0.29, 0.717) is 5.69 Å². The van der Waals surface area contributed by atoms with E-state index in [-0.39, 0.29) is 11.3 Å². The molecular formula is C15H15N5O5. The predicted molar refractivity (Wildman–Crippen MR) is 90.6 cm³/mol. The summed E-state index contributed by atoms with van der Waals surface area (Å²) >= 11 is 0. The van der Waals surface area contributed by atoms with E-state index in [0.717, 1.165) is 23.3 Å². The molecule has 0 spiro atoms. The van der Waals surface area contributed by atoms with Gasteiger partial charge < -0.3 is 5.32 Å². The molecule has 0 radical (unpaired) electrons. The molecule has 2 aromatic rings. The number of rotatable bonds is 5. The van der Waals surface area contributed by atoms with Gasteiger partial charge in [-0.1, -0.05) is 17.7 Å². The van der Waals surface area contributed by atoms with Crippen LogP contribution in [0.1, 0.15) is 21.5 Å². The standard InChI is InChI=1S/C15H15N5O5/c1-8-3-4-11(9(2)5-8)17-14-12(19(22)23)6-10(15(21)18-16)7-13(14)20(24)25/h3-7,17H,16H2,1-2H3,(H,18,21). The van der Waals surface area contributed by atoms with E-state index in [1.54, 1.807) is 24.5 Å². The largest absolute Gasteiger partial charge is 0.344 e. The molecule has 0 atom stereocenters. The van der Waals surface area contributed by atoms with Crippen LogP contribution in [0.2, 0.25) is 0 Å². The number of nitro benzene ring substituents is 2. The fourth-order valence-corrected chi connectivity index (χ4v) is 2.33. The molecule has 0 heterocycles. The van der Waals surface area contributed by atoms with Crippen molar-refractivity contribution in [2.45, 2.75) is 13.8 Å². The van der Waals surface area contributed by atoms with Gasteiger partial charge in [0.2, 0.25) is 0 Å². The van der Waals surface area contributed by atoms with Crippen molar-refractivity contribution in [1.82, 2.24) is 5.43 Å². The third kappa shape index (κ3) is 3.70. The van der Waals surface area contributed by atoms with Crippen LogP contribution in [0.4, 0.5) is 22.7 Å². The summed E-state index contributed by atoms with van der Waals surface area (Å²) in [6.07, 6.45) is 0. The molecule has 10 heteroatoms. The lowest BCUT2D eigenvalue weighted by Crippen LogP contribution is -2.30. The third-order valence-corrected chi connectivity index (χ3v) is 3.52. The second kappa shape index (κ2) is 6.93. The van der Waals surface area contributed by atoms with Crippen molar-refractivity contribution in [1.29, 1.82) is 0 Å². The van der Waals surface area contributed by atoms with E-state index < -0.39 is 27.1 Å². The lowest BCUT2D eigenvalue weighted by atomic mass is 10.1. The van der Waals surface area contributed by atoms with E-state index >= 15 is 0 Å². The molecule has 0 bridgehead atoms. The van der Waals surface area contributed by atoms with E-state index in [4.69, 9.17) is 5.84 Å². The minimum absolute atomic E-state index is 0.285. The summed E-state index contributed by atoms with van der Waals surface area (Å²) < 4.78 is 0. The molecule has 10 nitrogen and oxygen atoms in total. The summed E-state index contributed by atoms with van der Waals surface area (Å²) in [4.78, 5) is 32.8. The average molecular weight is 345 g/mol. The number of hydrazine groups is 1. The number of nitrogens with two attached hydrogens (primary N) is 1. The quantitative estimate of drug-likeness (QED) is 0.325. The van der Waals surface area contributed by atoms with Gasteiger partial charge in [-0.25, -0.2) is 5.84 Å². The highest BCUT2D eigenvalue weighted by molar-refractivity contribution is 5.97. The van der Waals surface area contributed by atoms with Crippen LogP contribution >= 0.6 is 0 Å².